The number of hydrogen-bond acceptors (Lipinski definition) is 15. The van der Waals surface area contributed by atoms with Crippen molar-refractivity contribution in [3.63, 3.8) is 0 Å². The number of carboxylic acid groups (broad SMARTS) is 1. The number of aromatic nitrogens is 1. The molecule has 1 spiro atoms. The number of benzene rings is 3. The highest BCUT2D eigenvalue weighted by Gasteiger charge is 2.61. The highest BCUT2D eigenvalue weighted by Crippen LogP contribution is 2.65. The molecule has 0 amide bonds. The van der Waals surface area contributed by atoms with E-state index in [1.54, 1.807) is 20.3 Å². The van der Waals surface area contributed by atoms with Gasteiger partial charge < -0.3 is 70.0 Å². The lowest BCUT2D eigenvalue weighted by atomic mass is 9.67. The van der Waals surface area contributed by atoms with Crippen LogP contribution in [-0.2, 0) is 30.3 Å². The molecule has 312 valence electrons. The molecular formula is C42H45N3O14. The minimum atomic E-state index is -2.24. The summed E-state index contributed by atoms with van der Waals surface area (Å²) in [5, 5.41) is 45.3. The van der Waals surface area contributed by atoms with Crippen LogP contribution in [-0.4, -0.2) is 105 Å². The first kappa shape index (κ1) is 39.1. The second-order valence-corrected chi connectivity index (χ2v) is 15.9. The Labute approximate surface area is 337 Å². The van der Waals surface area contributed by atoms with Crippen molar-refractivity contribution >= 4 is 28.6 Å². The van der Waals surface area contributed by atoms with Gasteiger partial charge in [-0.05, 0) is 37.8 Å². The summed E-state index contributed by atoms with van der Waals surface area (Å²) in [4.78, 5) is 39.8. The van der Waals surface area contributed by atoms with E-state index in [4.69, 9.17) is 49.7 Å². The van der Waals surface area contributed by atoms with Crippen molar-refractivity contribution < 1.29 is 68.0 Å². The quantitative estimate of drug-likeness (QED) is 0.0765. The number of methoxy groups -OCH3 is 2. The number of H-pyrrole nitrogens is 1. The minimum absolute atomic E-state index is 0.0941. The molecular weight excluding hydrogens is 770 g/mol. The Morgan fingerprint density at radius 2 is 1.76 bits per heavy atom. The smallest absolute Gasteiger partial charge is 0.317 e. The Morgan fingerprint density at radius 3 is 2.47 bits per heavy atom. The first-order valence-corrected chi connectivity index (χ1v) is 19.5. The SMILES string of the molecule is COc1ccc2c(c1OC)O[C@H]1c3c(cc4c(c3-c3c[nH]c5ccccc35)CC[C@]3(O)[C@H](O4)O[C@H]([C@H](OC(=O)CC(=O)O)C(N)N)[C@@H](O)[C@@H]3O)OC3(CCC(=O)CC3)[C@@H]21. The molecule has 17 nitrogen and oxygen atoms in total. The van der Waals surface area contributed by atoms with Crippen molar-refractivity contribution in [1.82, 2.24) is 4.98 Å². The molecule has 0 bridgehead atoms. The fraction of sp³-hybridized carbons (Fsp3) is 0.452. The highest BCUT2D eigenvalue weighted by atomic mass is 16.7. The van der Waals surface area contributed by atoms with Gasteiger partial charge in [0.05, 0.1) is 26.3 Å². The molecule has 9 N–H and O–H groups in total. The molecule has 4 aromatic rings. The number of ketones is 1. The third-order valence-electron chi connectivity index (χ3n) is 12.6. The molecule has 1 aromatic heterocycles. The van der Waals surface area contributed by atoms with E-state index in [9.17, 15) is 29.7 Å². The summed E-state index contributed by atoms with van der Waals surface area (Å²) < 4.78 is 43.8. The number of carboxylic acids is 1. The lowest BCUT2D eigenvalue weighted by Gasteiger charge is -2.49. The Morgan fingerprint density at radius 1 is 1.00 bits per heavy atom. The standard InChI is InChI=1S/C42H45N3O14/c1-53-24-8-7-21-31-35(57-33(21)34(24)54-2)30-26(59-41(31)12-9-18(46)10-13-41)15-25-20(29(30)22-17-45-23-6-4-3-5-19(22)23)11-14-42(52)38(51)32(50)36(58-40(42)55-25)37(39(43)44)56-28(49)16-27(47)48/h3-8,15,17,31-32,35-40,45,50-52H,9-14,16,43-44H2,1-2H3,(H,47,48)/t31-,32+,35-,36-,37-,38-,40+,42+/m0/s1. The van der Waals surface area contributed by atoms with Gasteiger partial charge in [-0.2, -0.15) is 0 Å². The number of esters is 1. The second kappa shape index (κ2) is 14.4. The average Bonchev–Trinajstić information content (AvgIpc) is 3.79. The van der Waals surface area contributed by atoms with Crippen LogP contribution < -0.4 is 35.2 Å². The van der Waals surface area contributed by atoms with Crippen molar-refractivity contribution in [2.45, 2.75) is 105 Å². The number of aliphatic carboxylic acids is 1. The van der Waals surface area contributed by atoms with Gasteiger partial charge in [0.1, 0.15) is 53.7 Å². The molecule has 3 aromatic carbocycles. The van der Waals surface area contributed by atoms with Crippen LogP contribution in [0.1, 0.15) is 67.2 Å². The van der Waals surface area contributed by atoms with Crippen molar-refractivity contribution in [3.8, 4) is 39.9 Å². The highest BCUT2D eigenvalue weighted by molar-refractivity contribution is 5.98. The molecule has 0 unspecified atom stereocenters. The van der Waals surface area contributed by atoms with Gasteiger partial charge in [-0.1, -0.05) is 24.3 Å². The van der Waals surface area contributed by atoms with E-state index in [2.05, 4.69) is 4.98 Å². The number of rotatable bonds is 8. The lowest BCUT2D eigenvalue weighted by Crippen LogP contribution is -2.71. The van der Waals surface area contributed by atoms with Crippen molar-refractivity contribution in [2.24, 2.45) is 11.5 Å². The topological polar surface area (TPSA) is 265 Å². The third-order valence-corrected chi connectivity index (χ3v) is 12.6. The van der Waals surface area contributed by atoms with Crippen LogP contribution in [0.4, 0.5) is 0 Å². The van der Waals surface area contributed by atoms with Gasteiger partial charge >= 0.3 is 11.9 Å². The van der Waals surface area contributed by atoms with E-state index >= 15 is 0 Å². The number of aliphatic hydroxyl groups excluding tert-OH is 2. The fourth-order valence-electron chi connectivity index (χ4n) is 9.82. The van der Waals surface area contributed by atoms with Crippen LogP contribution in [0.15, 0.2) is 48.7 Å². The number of nitrogens with two attached hydrogens (primary N) is 2. The molecule has 1 aliphatic carbocycles. The maximum atomic E-state index is 12.8. The molecule has 5 heterocycles. The largest absolute Gasteiger partial charge is 0.493 e. The van der Waals surface area contributed by atoms with Gasteiger partial charge in [0, 0.05) is 63.8 Å². The molecule has 4 aliphatic heterocycles. The maximum absolute atomic E-state index is 12.8. The second-order valence-electron chi connectivity index (χ2n) is 15.9. The van der Waals surface area contributed by atoms with E-state index in [1.165, 1.54) is 0 Å². The molecule has 5 aliphatic rings. The van der Waals surface area contributed by atoms with Gasteiger partial charge in [-0.3, -0.25) is 14.4 Å². The number of Topliss-reactive ketones (excluding diaryl/α,β-unsaturated/α-hetero) is 1. The number of hydrogen-bond donors (Lipinski definition) is 7. The zero-order chi connectivity index (χ0) is 41.5. The summed E-state index contributed by atoms with van der Waals surface area (Å²) >= 11 is 0. The molecule has 1 saturated heterocycles. The van der Waals surface area contributed by atoms with Crippen LogP contribution in [0.2, 0.25) is 0 Å². The Hall–Kier alpha value is -5.43. The summed E-state index contributed by atoms with van der Waals surface area (Å²) in [6, 6.07) is 13.2. The number of ether oxygens (including phenoxy) is 7. The summed E-state index contributed by atoms with van der Waals surface area (Å²) in [7, 11) is 3.09. The summed E-state index contributed by atoms with van der Waals surface area (Å²) in [6.45, 7) is 0. The predicted molar refractivity (Wildman–Crippen MR) is 205 cm³/mol. The molecule has 59 heavy (non-hydrogen) atoms. The number of aliphatic hydroxyl groups is 3. The van der Waals surface area contributed by atoms with Crippen LogP contribution in [0, 0.1) is 0 Å². The average molecular weight is 816 g/mol. The monoisotopic (exact) mass is 815 g/mol. The number of para-hydroxylation sites is 1. The zero-order valence-corrected chi connectivity index (χ0v) is 32.2. The van der Waals surface area contributed by atoms with Crippen LogP contribution in [0.25, 0.3) is 22.0 Å². The fourth-order valence-corrected chi connectivity index (χ4v) is 9.82. The number of nitrogens with one attached hydrogen (secondary N) is 1. The zero-order valence-electron chi connectivity index (χ0n) is 32.2. The van der Waals surface area contributed by atoms with Gasteiger partial charge in [-0.25, -0.2) is 0 Å². The normalized spacial score (nSPS) is 28.1. The van der Waals surface area contributed by atoms with Crippen LogP contribution in [0.3, 0.4) is 0 Å². The Kier molecular flexibility index (Phi) is 9.52. The van der Waals surface area contributed by atoms with E-state index in [0.29, 0.717) is 65.4 Å². The molecule has 0 radical (unpaired) electrons. The van der Waals surface area contributed by atoms with E-state index < -0.39 is 72.5 Å². The van der Waals surface area contributed by atoms with Crippen molar-refractivity contribution in [2.75, 3.05) is 14.2 Å². The number of aromatic amines is 1. The lowest BCUT2D eigenvalue weighted by molar-refractivity contribution is -0.329. The summed E-state index contributed by atoms with van der Waals surface area (Å²) in [5.41, 5.74) is 13.2. The Balaban J connectivity index is 1.22. The predicted octanol–water partition coefficient (Wildman–Crippen LogP) is 2.48. The Bertz CT molecular complexity index is 2350. The molecule has 9 rings (SSSR count). The number of carbonyl (C=O) groups is 3. The van der Waals surface area contributed by atoms with Crippen LogP contribution in [0.5, 0.6) is 28.7 Å². The minimum Gasteiger partial charge on any atom is -0.493 e. The van der Waals surface area contributed by atoms with E-state index in [-0.39, 0.29) is 30.3 Å². The number of fused-ring (bicyclic) bond motifs is 9. The maximum Gasteiger partial charge on any atom is 0.317 e. The first-order valence-electron chi connectivity index (χ1n) is 19.5. The van der Waals surface area contributed by atoms with E-state index in [1.807, 2.05) is 42.6 Å². The van der Waals surface area contributed by atoms with Gasteiger partial charge in [-0.15, -0.1) is 0 Å². The number of carbonyl (C=O) groups excluding carboxylic acids is 2. The molecule has 2 fully saturated rings. The summed E-state index contributed by atoms with van der Waals surface area (Å²) in [6.07, 6.45) is -8.85. The van der Waals surface area contributed by atoms with Gasteiger partial charge in [0.25, 0.3) is 0 Å². The van der Waals surface area contributed by atoms with Gasteiger partial charge in [0.15, 0.2) is 23.2 Å². The van der Waals surface area contributed by atoms with Crippen molar-refractivity contribution in [1.29, 1.82) is 0 Å². The van der Waals surface area contributed by atoms with E-state index in [0.717, 1.165) is 22.0 Å². The van der Waals surface area contributed by atoms with Gasteiger partial charge in [0.2, 0.25) is 12.0 Å². The summed E-state index contributed by atoms with van der Waals surface area (Å²) in [5.74, 6) is -0.915. The van der Waals surface area contributed by atoms with Crippen molar-refractivity contribution in [3.05, 3.63) is 65.4 Å². The molecule has 8 atom stereocenters. The third kappa shape index (κ3) is 6.09. The first-order chi connectivity index (χ1) is 28.3. The molecule has 1 saturated carbocycles. The molecule has 17 heteroatoms. The van der Waals surface area contributed by atoms with Crippen LogP contribution >= 0.6 is 0 Å².